The third-order valence-electron chi connectivity index (χ3n) is 4.18. The summed E-state index contributed by atoms with van der Waals surface area (Å²) >= 11 is 0. The number of aliphatic hydroxyl groups excluding tert-OH is 1. The number of carbonyl (C=O) groups is 1. The number of hydrogen-bond donors (Lipinski definition) is 1. The van der Waals surface area contributed by atoms with Crippen molar-refractivity contribution >= 4 is 11.4 Å². The maximum absolute atomic E-state index is 12.6. The number of Topliss-reactive ketones (excluding diaryl/α,β-unsaturated/α-hetero) is 1. The Bertz CT molecular complexity index is 506. The summed E-state index contributed by atoms with van der Waals surface area (Å²) in [7, 11) is 0. The fourth-order valence-electron chi connectivity index (χ4n) is 3.24. The van der Waals surface area contributed by atoms with Gasteiger partial charge >= 0.3 is 0 Å². The van der Waals surface area contributed by atoms with Crippen LogP contribution in [0.4, 0.5) is 0 Å². The molecule has 1 aromatic rings. The minimum atomic E-state index is -0.351. The summed E-state index contributed by atoms with van der Waals surface area (Å²) in [6.07, 6.45) is 2.29. The lowest BCUT2D eigenvalue weighted by atomic mass is 9.72. The zero-order valence-electron chi connectivity index (χ0n) is 11.0. The van der Waals surface area contributed by atoms with E-state index in [2.05, 4.69) is 0 Å². The molecule has 2 aliphatic rings. The molecule has 0 amide bonds. The van der Waals surface area contributed by atoms with Crippen molar-refractivity contribution in [3.63, 3.8) is 0 Å². The molecule has 0 radical (unpaired) electrons. The Morgan fingerprint density at radius 1 is 1.21 bits per heavy atom. The number of ether oxygens (including phenoxy) is 1. The van der Waals surface area contributed by atoms with E-state index in [0.29, 0.717) is 18.4 Å². The van der Waals surface area contributed by atoms with E-state index in [1.807, 2.05) is 37.3 Å². The first-order valence-electron chi connectivity index (χ1n) is 6.80. The quantitative estimate of drug-likeness (QED) is 0.841. The van der Waals surface area contributed by atoms with Crippen LogP contribution in [0.5, 0.6) is 0 Å². The SMILES string of the molecule is CC1CC(O)CC2OC=C(c3ccccc3)C(=O)C12. The van der Waals surface area contributed by atoms with Crippen molar-refractivity contribution < 1.29 is 14.6 Å². The third kappa shape index (κ3) is 2.19. The molecule has 1 aliphatic carbocycles. The van der Waals surface area contributed by atoms with E-state index in [0.717, 1.165) is 5.56 Å². The molecule has 100 valence electrons. The molecule has 19 heavy (non-hydrogen) atoms. The van der Waals surface area contributed by atoms with Crippen LogP contribution in [0, 0.1) is 11.8 Å². The molecule has 1 aliphatic heterocycles. The molecule has 1 saturated carbocycles. The first-order chi connectivity index (χ1) is 9.16. The van der Waals surface area contributed by atoms with Gasteiger partial charge in [-0.15, -0.1) is 0 Å². The minimum absolute atomic E-state index is 0.122. The molecule has 3 rings (SSSR count). The molecule has 1 fully saturated rings. The van der Waals surface area contributed by atoms with Gasteiger partial charge in [0.25, 0.3) is 0 Å². The van der Waals surface area contributed by atoms with E-state index in [9.17, 15) is 9.90 Å². The van der Waals surface area contributed by atoms with E-state index >= 15 is 0 Å². The maximum atomic E-state index is 12.6. The Balaban J connectivity index is 1.92. The fourth-order valence-corrected chi connectivity index (χ4v) is 3.24. The second-order valence-corrected chi connectivity index (χ2v) is 5.56. The predicted molar refractivity (Wildman–Crippen MR) is 72.2 cm³/mol. The van der Waals surface area contributed by atoms with Gasteiger partial charge in [-0.1, -0.05) is 37.3 Å². The van der Waals surface area contributed by atoms with Gasteiger partial charge in [-0.05, 0) is 17.9 Å². The monoisotopic (exact) mass is 258 g/mol. The van der Waals surface area contributed by atoms with E-state index in [1.165, 1.54) is 0 Å². The van der Waals surface area contributed by atoms with E-state index in [1.54, 1.807) is 6.26 Å². The highest BCUT2D eigenvalue weighted by atomic mass is 16.5. The number of ketones is 1. The number of benzene rings is 1. The van der Waals surface area contributed by atoms with Gasteiger partial charge in [0.2, 0.25) is 0 Å². The zero-order chi connectivity index (χ0) is 13.4. The smallest absolute Gasteiger partial charge is 0.173 e. The summed E-state index contributed by atoms with van der Waals surface area (Å²) in [6.45, 7) is 2.02. The topological polar surface area (TPSA) is 46.5 Å². The van der Waals surface area contributed by atoms with Gasteiger partial charge in [0, 0.05) is 6.42 Å². The number of allylic oxidation sites excluding steroid dienone is 1. The number of aliphatic hydroxyl groups is 1. The van der Waals surface area contributed by atoms with Crippen LogP contribution in [-0.4, -0.2) is 23.1 Å². The van der Waals surface area contributed by atoms with Crippen molar-refractivity contribution in [1.82, 2.24) is 0 Å². The van der Waals surface area contributed by atoms with Crippen molar-refractivity contribution in [3.8, 4) is 0 Å². The molecule has 0 aromatic heterocycles. The highest BCUT2D eigenvalue weighted by Crippen LogP contribution is 2.39. The Morgan fingerprint density at radius 2 is 1.95 bits per heavy atom. The Kier molecular flexibility index (Phi) is 3.15. The maximum Gasteiger partial charge on any atom is 0.173 e. The van der Waals surface area contributed by atoms with E-state index in [4.69, 9.17) is 4.74 Å². The van der Waals surface area contributed by atoms with Crippen LogP contribution in [0.1, 0.15) is 25.3 Å². The first-order valence-corrected chi connectivity index (χ1v) is 6.80. The van der Waals surface area contributed by atoms with Crippen molar-refractivity contribution in [2.75, 3.05) is 0 Å². The minimum Gasteiger partial charge on any atom is -0.496 e. The molecule has 0 saturated heterocycles. The lowest BCUT2D eigenvalue weighted by Crippen LogP contribution is -2.45. The predicted octanol–water partition coefficient (Wildman–Crippen LogP) is 2.40. The Labute approximate surface area is 112 Å². The van der Waals surface area contributed by atoms with Crippen LogP contribution in [0.15, 0.2) is 36.6 Å². The van der Waals surface area contributed by atoms with Crippen molar-refractivity contribution in [1.29, 1.82) is 0 Å². The number of rotatable bonds is 1. The average molecular weight is 258 g/mol. The molecule has 3 nitrogen and oxygen atoms in total. The second-order valence-electron chi connectivity index (χ2n) is 5.56. The lowest BCUT2D eigenvalue weighted by molar-refractivity contribution is -0.130. The summed E-state index contributed by atoms with van der Waals surface area (Å²) in [5.41, 5.74) is 1.56. The van der Waals surface area contributed by atoms with Gasteiger partial charge < -0.3 is 9.84 Å². The molecular weight excluding hydrogens is 240 g/mol. The van der Waals surface area contributed by atoms with Gasteiger partial charge in [-0.3, -0.25) is 4.79 Å². The van der Waals surface area contributed by atoms with Gasteiger partial charge in [0.15, 0.2) is 5.78 Å². The zero-order valence-corrected chi connectivity index (χ0v) is 11.0. The summed E-state index contributed by atoms with van der Waals surface area (Å²) in [5.74, 6) is 0.194. The highest BCUT2D eigenvalue weighted by molar-refractivity contribution is 6.22. The molecule has 1 aromatic carbocycles. The Morgan fingerprint density at radius 3 is 2.68 bits per heavy atom. The third-order valence-corrected chi connectivity index (χ3v) is 4.18. The number of fused-ring (bicyclic) bond motifs is 1. The van der Waals surface area contributed by atoms with Crippen molar-refractivity contribution in [2.24, 2.45) is 11.8 Å². The fraction of sp³-hybridized carbons (Fsp3) is 0.438. The average Bonchev–Trinajstić information content (AvgIpc) is 2.39. The van der Waals surface area contributed by atoms with Crippen LogP contribution >= 0.6 is 0 Å². The lowest BCUT2D eigenvalue weighted by Gasteiger charge is -2.40. The molecular formula is C16H18O3. The molecule has 0 bridgehead atoms. The van der Waals surface area contributed by atoms with Crippen molar-refractivity contribution in [2.45, 2.75) is 32.0 Å². The van der Waals surface area contributed by atoms with Crippen LogP contribution in [0.2, 0.25) is 0 Å². The Hall–Kier alpha value is -1.61. The van der Waals surface area contributed by atoms with Gasteiger partial charge in [0.1, 0.15) is 6.10 Å². The molecule has 1 N–H and O–H groups in total. The summed E-state index contributed by atoms with van der Waals surface area (Å²) in [6, 6.07) is 9.62. The summed E-state index contributed by atoms with van der Waals surface area (Å²) in [5, 5.41) is 9.78. The van der Waals surface area contributed by atoms with E-state index < -0.39 is 0 Å². The molecule has 3 heteroatoms. The van der Waals surface area contributed by atoms with Crippen LogP contribution in [-0.2, 0) is 9.53 Å². The largest absolute Gasteiger partial charge is 0.496 e. The molecule has 4 unspecified atom stereocenters. The standard InChI is InChI=1S/C16H18O3/c1-10-7-12(17)8-14-15(10)16(18)13(9-19-14)11-5-3-2-4-6-11/h2-6,9-10,12,14-15,17H,7-8H2,1H3. The van der Waals surface area contributed by atoms with E-state index in [-0.39, 0.29) is 29.8 Å². The first kappa shape index (κ1) is 12.4. The molecule has 1 heterocycles. The molecule has 4 atom stereocenters. The number of carbonyl (C=O) groups excluding carboxylic acids is 1. The van der Waals surface area contributed by atoms with Crippen LogP contribution < -0.4 is 0 Å². The molecule has 0 spiro atoms. The van der Waals surface area contributed by atoms with Crippen LogP contribution in [0.3, 0.4) is 0 Å². The number of hydrogen-bond acceptors (Lipinski definition) is 3. The summed E-state index contributed by atoms with van der Waals surface area (Å²) < 4.78 is 5.72. The second kappa shape index (κ2) is 4.82. The van der Waals surface area contributed by atoms with Crippen LogP contribution in [0.25, 0.3) is 5.57 Å². The van der Waals surface area contributed by atoms with Gasteiger partial charge in [0.05, 0.1) is 23.9 Å². The summed E-state index contributed by atoms with van der Waals surface area (Å²) in [4.78, 5) is 12.6. The highest BCUT2D eigenvalue weighted by Gasteiger charge is 2.43. The van der Waals surface area contributed by atoms with Gasteiger partial charge in [-0.25, -0.2) is 0 Å². The van der Waals surface area contributed by atoms with Gasteiger partial charge in [-0.2, -0.15) is 0 Å². The van der Waals surface area contributed by atoms with Crippen molar-refractivity contribution in [3.05, 3.63) is 42.2 Å². The normalized spacial score (nSPS) is 34.2.